The third-order valence-corrected chi connectivity index (χ3v) is 4.71. The molecule has 3 rings (SSSR count). The van der Waals surface area contributed by atoms with Gasteiger partial charge in [-0.1, -0.05) is 18.2 Å². The zero-order chi connectivity index (χ0) is 15.7. The number of hydrogen-bond acceptors (Lipinski definition) is 4. The fourth-order valence-electron chi connectivity index (χ4n) is 3.60. The first-order valence-corrected chi connectivity index (χ1v) is 7.52. The predicted octanol–water partition coefficient (Wildman–Crippen LogP) is 2.05. The average molecular weight is 313 g/mol. The summed E-state index contributed by atoms with van der Waals surface area (Å²) in [7, 11) is 2.05. The number of halogens is 2. The van der Waals surface area contributed by atoms with E-state index >= 15 is 0 Å². The lowest BCUT2D eigenvalue weighted by Crippen LogP contribution is -2.60. The predicted molar refractivity (Wildman–Crippen MR) is 77.1 cm³/mol. The fraction of sp³-hybridized carbons (Fsp3) is 0.625. The van der Waals surface area contributed by atoms with E-state index in [-0.39, 0.29) is 17.8 Å². The molecule has 2 aliphatic heterocycles. The molecule has 2 fully saturated rings. The van der Waals surface area contributed by atoms with Crippen LogP contribution in [0, 0.1) is 0 Å². The van der Waals surface area contributed by atoms with Gasteiger partial charge >= 0.3 is 6.61 Å². The first kappa shape index (κ1) is 15.6. The van der Waals surface area contributed by atoms with Crippen LogP contribution in [0.5, 0.6) is 5.75 Å². The van der Waals surface area contributed by atoms with Crippen LogP contribution in [0.25, 0.3) is 0 Å². The highest BCUT2D eigenvalue weighted by Crippen LogP contribution is 2.37. The summed E-state index contributed by atoms with van der Waals surface area (Å²) in [6, 6.07) is 7.02. The zero-order valence-corrected chi connectivity index (χ0v) is 12.5. The van der Waals surface area contributed by atoms with Crippen molar-refractivity contribution in [2.45, 2.75) is 43.6 Å². The van der Waals surface area contributed by atoms with Crippen LogP contribution in [0.4, 0.5) is 8.78 Å². The van der Waals surface area contributed by atoms with Crippen LogP contribution < -0.4 is 4.74 Å². The van der Waals surface area contributed by atoms with Gasteiger partial charge in [-0.05, 0) is 31.5 Å². The molecule has 2 heterocycles. The number of benzene rings is 1. The maximum atomic E-state index is 12.5. The summed E-state index contributed by atoms with van der Waals surface area (Å²) < 4.78 is 35.1. The topological polar surface area (TPSA) is 41.9 Å². The van der Waals surface area contributed by atoms with Crippen LogP contribution in [-0.4, -0.2) is 54.6 Å². The van der Waals surface area contributed by atoms with E-state index in [1.807, 2.05) is 7.05 Å². The SMILES string of the molecule is CN1C2COCC1CC(O)(Cc1ccccc1OC(F)F)C2. The van der Waals surface area contributed by atoms with Gasteiger partial charge < -0.3 is 14.6 Å². The Bertz CT molecular complexity index is 512. The second-order valence-corrected chi connectivity index (χ2v) is 6.31. The second-order valence-electron chi connectivity index (χ2n) is 6.31. The minimum Gasteiger partial charge on any atom is -0.435 e. The van der Waals surface area contributed by atoms with Gasteiger partial charge in [-0.15, -0.1) is 0 Å². The first-order valence-electron chi connectivity index (χ1n) is 7.52. The lowest BCUT2D eigenvalue weighted by Gasteiger charge is -2.50. The van der Waals surface area contributed by atoms with Gasteiger partial charge in [0, 0.05) is 18.5 Å². The molecule has 6 heteroatoms. The number of fused-ring (bicyclic) bond motifs is 2. The molecule has 1 N–H and O–H groups in total. The average Bonchev–Trinajstić information content (AvgIpc) is 2.43. The van der Waals surface area contributed by atoms with E-state index in [1.54, 1.807) is 18.2 Å². The lowest BCUT2D eigenvalue weighted by molar-refractivity contribution is -0.134. The van der Waals surface area contributed by atoms with Gasteiger partial charge in [0.25, 0.3) is 0 Å². The van der Waals surface area contributed by atoms with Crippen LogP contribution >= 0.6 is 0 Å². The number of morpholine rings is 1. The van der Waals surface area contributed by atoms with E-state index in [2.05, 4.69) is 9.64 Å². The summed E-state index contributed by atoms with van der Waals surface area (Å²) in [5, 5.41) is 11.0. The third kappa shape index (κ3) is 3.24. The second kappa shape index (κ2) is 6.10. The highest BCUT2D eigenvalue weighted by molar-refractivity contribution is 5.34. The Morgan fingerprint density at radius 2 is 1.95 bits per heavy atom. The molecule has 2 saturated heterocycles. The monoisotopic (exact) mass is 313 g/mol. The zero-order valence-electron chi connectivity index (χ0n) is 12.5. The molecule has 22 heavy (non-hydrogen) atoms. The molecule has 0 spiro atoms. The lowest BCUT2D eigenvalue weighted by atomic mass is 9.78. The van der Waals surface area contributed by atoms with Gasteiger partial charge in [-0.2, -0.15) is 8.78 Å². The van der Waals surface area contributed by atoms with Gasteiger partial charge in [0.2, 0.25) is 0 Å². The van der Waals surface area contributed by atoms with Crippen molar-refractivity contribution in [3.8, 4) is 5.75 Å². The summed E-state index contributed by atoms with van der Waals surface area (Å²) >= 11 is 0. The smallest absolute Gasteiger partial charge is 0.387 e. The van der Waals surface area contributed by atoms with E-state index in [9.17, 15) is 13.9 Å². The van der Waals surface area contributed by atoms with E-state index in [0.717, 1.165) is 0 Å². The molecular formula is C16H21F2NO3. The quantitative estimate of drug-likeness (QED) is 0.924. The molecular weight excluding hydrogens is 292 g/mol. The normalized spacial score (nSPS) is 32.2. The van der Waals surface area contributed by atoms with E-state index in [1.165, 1.54) is 6.07 Å². The van der Waals surface area contributed by atoms with E-state index in [0.29, 0.717) is 38.0 Å². The summed E-state index contributed by atoms with van der Waals surface area (Å²) in [5.41, 5.74) is -0.290. The molecule has 1 aromatic rings. The Morgan fingerprint density at radius 3 is 2.59 bits per heavy atom. The van der Waals surface area contributed by atoms with E-state index in [4.69, 9.17) is 4.74 Å². The molecule has 0 saturated carbocycles. The maximum Gasteiger partial charge on any atom is 0.387 e. The maximum absolute atomic E-state index is 12.5. The van der Waals surface area contributed by atoms with E-state index < -0.39 is 12.2 Å². The fourth-order valence-corrected chi connectivity index (χ4v) is 3.60. The van der Waals surface area contributed by atoms with Gasteiger partial charge in [-0.25, -0.2) is 0 Å². The number of piperidine rings is 1. The summed E-state index contributed by atoms with van der Waals surface area (Å²) in [6.07, 6.45) is 1.46. The van der Waals surface area contributed by atoms with Crippen LogP contribution in [0.3, 0.4) is 0 Å². The van der Waals surface area contributed by atoms with Crippen molar-refractivity contribution in [2.75, 3.05) is 20.3 Å². The van der Waals surface area contributed by atoms with Crippen molar-refractivity contribution in [3.63, 3.8) is 0 Å². The molecule has 1 aromatic carbocycles. The van der Waals surface area contributed by atoms with Crippen molar-refractivity contribution >= 4 is 0 Å². The third-order valence-electron chi connectivity index (χ3n) is 4.71. The summed E-state index contributed by atoms with van der Waals surface area (Å²) in [6.45, 7) is -1.66. The Labute approximate surface area is 128 Å². The van der Waals surface area contributed by atoms with Gasteiger partial charge in [0.15, 0.2) is 0 Å². The van der Waals surface area contributed by atoms with Crippen LogP contribution in [0.1, 0.15) is 18.4 Å². The number of alkyl halides is 2. The van der Waals surface area contributed by atoms with Crippen molar-refractivity contribution in [3.05, 3.63) is 29.8 Å². The summed E-state index contributed by atoms with van der Waals surface area (Å²) in [5.74, 6) is 0.145. The Morgan fingerprint density at radius 1 is 1.32 bits per heavy atom. The van der Waals surface area contributed by atoms with Crippen molar-refractivity contribution in [2.24, 2.45) is 0 Å². The molecule has 0 amide bonds. The standard InChI is InChI=1S/C16H21F2NO3/c1-19-12-7-16(20,8-13(19)10-21-9-12)6-11-4-2-3-5-14(11)22-15(17)18/h2-5,12-13,15,20H,6-10H2,1H3. The number of rotatable bonds is 4. The molecule has 0 aromatic heterocycles. The number of hydrogen-bond donors (Lipinski definition) is 1. The number of ether oxygens (including phenoxy) is 2. The Hall–Kier alpha value is -1.24. The van der Waals surface area contributed by atoms with Gasteiger partial charge in [0.1, 0.15) is 5.75 Å². The van der Waals surface area contributed by atoms with Crippen molar-refractivity contribution < 1.29 is 23.4 Å². The largest absolute Gasteiger partial charge is 0.435 e. The number of nitrogens with zero attached hydrogens (tertiary/aromatic N) is 1. The number of para-hydroxylation sites is 1. The molecule has 0 aliphatic carbocycles. The highest BCUT2D eigenvalue weighted by Gasteiger charge is 2.44. The summed E-state index contributed by atoms with van der Waals surface area (Å²) in [4.78, 5) is 2.25. The van der Waals surface area contributed by atoms with Crippen molar-refractivity contribution in [1.29, 1.82) is 0 Å². The highest BCUT2D eigenvalue weighted by atomic mass is 19.3. The van der Waals surface area contributed by atoms with Crippen LogP contribution in [0.15, 0.2) is 24.3 Å². The Balaban J connectivity index is 1.78. The minimum absolute atomic E-state index is 0.145. The number of aliphatic hydroxyl groups is 1. The van der Waals surface area contributed by atoms with Crippen molar-refractivity contribution in [1.82, 2.24) is 4.90 Å². The van der Waals surface area contributed by atoms with Crippen LogP contribution in [-0.2, 0) is 11.2 Å². The molecule has 0 radical (unpaired) electrons. The molecule has 4 nitrogen and oxygen atoms in total. The molecule has 2 atom stereocenters. The molecule has 122 valence electrons. The minimum atomic E-state index is -2.86. The Kier molecular flexibility index (Phi) is 4.34. The van der Waals surface area contributed by atoms with Gasteiger partial charge in [-0.3, -0.25) is 4.90 Å². The number of likely N-dealkylation sites (N-methyl/N-ethyl adjacent to an activating group) is 1. The first-order chi connectivity index (χ1) is 10.5. The van der Waals surface area contributed by atoms with Gasteiger partial charge in [0.05, 0.1) is 18.8 Å². The molecule has 2 bridgehead atoms. The molecule has 2 unspecified atom stereocenters. The molecule has 2 aliphatic rings. The van der Waals surface area contributed by atoms with Crippen LogP contribution in [0.2, 0.25) is 0 Å².